The third kappa shape index (κ3) is 6.28. The molecule has 2 aliphatic rings. The number of benzene rings is 1. The predicted molar refractivity (Wildman–Crippen MR) is 157 cm³/mol. The van der Waals surface area contributed by atoms with Crippen LogP contribution in [0.2, 0.25) is 0 Å². The Morgan fingerprint density at radius 3 is 2.42 bits per heavy atom. The summed E-state index contributed by atoms with van der Waals surface area (Å²) in [5.41, 5.74) is -3.74. The van der Waals surface area contributed by atoms with Gasteiger partial charge >= 0.3 is 0 Å². The molecule has 0 saturated carbocycles. The highest BCUT2D eigenvalue weighted by molar-refractivity contribution is 7.92. The molecule has 0 spiro atoms. The minimum absolute atomic E-state index is 0.00720. The third-order valence-corrected chi connectivity index (χ3v) is 10.7. The predicted octanol–water partition coefficient (Wildman–Crippen LogP) is 3.13. The lowest BCUT2D eigenvalue weighted by Gasteiger charge is -2.43. The highest BCUT2D eigenvalue weighted by Gasteiger charge is 2.48. The first-order valence-corrected chi connectivity index (χ1v) is 15.8. The third-order valence-electron chi connectivity index (χ3n) is 8.75. The fraction of sp³-hybridized carbons (Fsp3) is 0.467. The van der Waals surface area contributed by atoms with Crippen LogP contribution in [0.1, 0.15) is 79.4 Å². The van der Waals surface area contributed by atoms with Crippen molar-refractivity contribution in [2.75, 3.05) is 12.8 Å². The Hall–Kier alpha value is -4.32. The van der Waals surface area contributed by atoms with Crippen molar-refractivity contribution in [1.82, 2.24) is 14.8 Å². The van der Waals surface area contributed by atoms with E-state index >= 15 is 0 Å². The number of sulfone groups is 1. The van der Waals surface area contributed by atoms with E-state index in [1.54, 1.807) is 6.92 Å². The van der Waals surface area contributed by atoms with Gasteiger partial charge in [0.25, 0.3) is 11.8 Å². The van der Waals surface area contributed by atoms with Crippen molar-refractivity contribution >= 4 is 27.4 Å². The van der Waals surface area contributed by atoms with Gasteiger partial charge in [0.05, 0.1) is 6.04 Å². The number of nitrogens with one attached hydrogen (secondary N) is 1. The summed E-state index contributed by atoms with van der Waals surface area (Å²) in [6.45, 7) is 5.77. The van der Waals surface area contributed by atoms with E-state index in [-0.39, 0.29) is 30.4 Å². The molecule has 11 nitrogen and oxygen atoms in total. The van der Waals surface area contributed by atoms with E-state index in [4.69, 9.17) is 0 Å². The standard InChI is InChI=1S/C30H33F3N4O7S/c1-16-6-9-30(4,12-18(35-42)7-8-29(2,3)45(5,43)44)23-15-36(16)28(41)24-26(39)25(38)20(14-37(23)24)27(40)34-13-19-21(32)10-17(31)11-22(19)33/h10-11,14,16,23,39,42H,6,9,12-13,15H2,1-5H3,(H,34,40)/b35-18-/t16-,23+,30+/m0/s1. The first-order chi connectivity index (χ1) is 20.8. The number of halogens is 3. The second-order valence-corrected chi connectivity index (χ2v) is 14.8. The number of amides is 2. The van der Waals surface area contributed by atoms with E-state index in [0.29, 0.717) is 25.0 Å². The van der Waals surface area contributed by atoms with Gasteiger partial charge in [-0.2, -0.15) is 0 Å². The van der Waals surface area contributed by atoms with Crippen LogP contribution in [0.25, 0.3) is 0 Å². The second-order valence-electron chi connectivity index (χ2n) is 12.3. The number of pyridine rings is 1. The molecular weight excluding hydrogens is 617 g/mol. The zero-order valence-corrected chi connectivity index (χ0v) is 26.1. The lowest BCUT2D eigenvalue weighted by Crippen LogP contribution is -2.50. The smallest absolute Gasteiger partial charge is 0.274 e. The molecule has 1 aromatic heterocycles. The van der Waals surface area contributed by atoms with E-state index < -0.39 is 84.2 Å². The fourth-order valence-corrected chi connectivity index (χ4v) is 5.78. The number of oxime groups is 1. The van der Waals surface area contributed by atoms with Crippen molar-refractivity contribution in [3.05, 3.63) is 62.8 Å². The van der Waals surface area contributed by atoms with Crippen LogP contribution >= 0.6 is 0 Å². The zero-order chi connectivity index (χ0) is 33.6. The Labute approximate surface area is 257 Å². The lowest BCUT2D eigenvalue weighted by molar-refractivity contribution is 0.0546. The van der Waals surface area contributed by atoms with Crippen LogP contribution in [0, 0.1) is 34.7 Å². The summed E-state index contributed by atoms with van der Waals surface area (Å²) in [6, 6.07) is -0.155. The average molecular weight is 651 g/mol. The Morgan fingerprint density at radius 2 is 1.84 bits per heavy atom. The van der Waals surface area contributed by atoms with Crippen molar-refractivity contribution < 1.29 is 41.5 Å². The zero-order valence-electron chi connectivity index (χ0n) is 25.2. The van der Waals surface area contributed by atoms with Gasteiger partial charge in [0.15, 0.2) is 21.3 Å². The summed E-state index contributed by atoms with van der Waals surface area (Å²) in [5.74, 6) is -1.13. The number of hydrogen-bond donors (Lipinski definition) is 3. The fourth-order valence-electron chi connectivity index (χ4n) is 5.54. The Morgan fingerprint density at radius 1 is 1.22 bits per heavy atom. The van der Waals surface area contributed by atoms with Crippen molar-refractivity contribution in [3.8, 4) is 17.6 Å². The van der Waals surface area contributed by atoms with Gasteiger partial charge in [-0.25, -0.2) is 21.6 Å². The molecule has 1 saturated heterocycles. The number of aromatic hydroxyl groups is 1. The van der Waals surface area contributed by atoms with Gasteiger partial charge in [0.2, 0.25) is 5.43 Å². The molecule has 0 radical (unpaired) electrons. The Bertz CT molecular complexity index is 1820. The number of carbonyl (C=O) groups excluding carboxylic acids is 2. The quantitative estimate of drug-likeness (QED) is 0.188. The largest absolute Gasteiger partial charge is 0.503 e. The number of rotatable bonds is 6. The van der Waals surface area contributed by atoms with Crippen molar-refractivity contribution in [2.24, 2.45) is 10.6 Å². The van der Waals surface area contributed by atoms with Crippen LogP contribution in [0.3, 0.4) is 0 Å². The molecule has 1 fully saturated rings. The van der Waals surface area contributed by atoms with E-state index in [0.717, 1.165) is 12.5 Å². The van der Waals surface area contributed by atoms with E-state index in [2.05, 4.69) is 22.3 Å². The SMILES string of the molecule is C[C@H]1CC[C@](C)(C/C(C#CC(C)(C)S(C)(=O)=O)=N\O)[C@H]2CN1C(=O)c1c(O)c(=O)c(C(=O)NCc3c(F)cc(F)cc3F)cn12. The van der Waals surface area contributed by atoms with Crippen molar-refractivity contribution in [1.29, 1.82) is 0 Å². The van der Waals surface area contributed by atoms with E-state index in [9.17, 15) is 46.3 Å². The lowest BCUT2D eigenvalue weighted by atomic mass is 9.73. The molecule has 1 aromatic carbocycles. The van der Waals surface area contributed by atoms with Crippen molar-refractivity contribution in [3.63, 3.8) is 0 Å². The number of hydrogen-bond acceptors (Lipinski definition) is 8. The van der Waals surface area contributed by atoms with Gasteiger partial charge in [-0.05, 0) is 44.9 Å². The first kappa shape index (κ1) is 33.6. The first-order valence-electron chi connectivity index (χ1n) is 14.0. The number of nitrogens with zero attached hydrogens (tertiary/aromatic N) is 3. The summed E-state index contributed by atoms with van der Waals surface area (Å²) in [5, 5.41) is 26.3. The molecule has 0 aliphatic carbocycles. The molecule has 2 aliphatic heterocycles. The highest BCUT2D eigenvalue weighted by atomic mass is 32.2. The van der Waals surface area contributed by atoms with Crippen LogP contribution < -0.4 is 10.7 Å². The minimum atomic E-state index is -3.59. The van der Waals surface area contributed by atoms with Crippen LogP contribution in [0.4, 0.5) is 13.2 Å². The summed E-state index contributed by atoms with van der Waals surface area (Å²) >= 11 is 0. The maximum Gasteiger partial charge on any atom is 0.274 e. The van der Waals surface area contributed by atoms with Gasteiger partial charge < -0.3 is 25.1 Å². The van der Waals surface area contributed by atoms with Gasteiger partial charge in [0.1, 0.15) is 33.5 Å². The summed E-state index contributed by atoms with van der Waals surface area (Å²) < 4.78 is 65.7. The van der Waals surface area contributed by atoms with Crippen molar-refractivity contribution in [2.45, 2.75) is 70.3 Å². The molecule has 15 heteroatoms. The van der Waals surface area contributed by atoms with E-state index in [1.807, 2.05) is 6.92 Å². The maximum absolute atomic E-state index is 14.1. The molecule has 2 aromatic rings. The van der Waals surface area contributed by atoms with Gasteiger partial charge in [0, 0.05) is 55.7 Å². The van der Waals surface area contributed by atoms with Gasteiger partial charge in [-0.3, -0.25) is 14.4 Å². The molecule has 3 atom stereocenters. The average Bonchev–Trinajstić information content (AvgIpc) is 3.05. The Balaban J connectivity index is 1.77. The molecule has 4 rings (SSSR count). The molecule has 2 amide bonds. The van der Waals surface area contributed by atoms with Crippen LogP contribution in [-0.4, -0.2) is 69.3 Å². The normalized spacial score (nSPS) is 21.8. The molecule has 242 valence electrons. The second kappa shape index (κ2) is 11.9. The highest BCUT2D eigenvalue weighted by Crippen LogP contribution is 2.47. The summed E-state index contributed by atoms with van der Waals surface area (Å²) in [6.07, 6.45) is 3.01. The molecule has 2 bridgehead atoms. The van der Waals surface area contributed by atoms with Gasteiger partial charge in [-0.1, -0.05) is 18.0 Å². The monoisotopic (exact) mass is 650 g/mol. The number of aromatic nitrogens is 1. The molecular formula is C30H33F3N4O7S. The minimum Gasteiger partial charge on any atom is -0.503 e. The summed E-state index contributed by atoms with van der Waals surface area (Å²) in [7, 11) is -3.59. The van der Waals surface area contributed by atoms with Crippen LogP contribution in [0.5, 0.6) is 5.75 Å². The van der Waals surface area contributed by atoms with Crippen LogP contribution in [-0.2, 0) is 16.4 Å². The topological polar surface area (TPSA) is 158 Å². The number of carbonyl (C=O) groups is 2. The maximum atomic E-state index is 14.1. The number of fused-ring (bicyclic) bond motifs is 4. The molecule has 45 heavy (non-hydrogen) atoms. The Kier molecular flexibility index (Phi) is 8.87. The molecule has 0 unspecified atom stereocenters. The van der Waals surface area contributed by atoms with Gasteiger partial charge in [-0.15, -0.1) is 0 Å². The van der Waals surface area contributed by atoms with Crippen LogP contribution in [0.15, 0.2) is 28.3 Å². The molecule has 3 heterocycles. The molecule has 3 N–H and O–H groups in total. The summed E-state index contributed by atoms with van der Waals surface area (Å²) in [4.78, 5) is 41.3. The van der Waals surface area contributed by atoms with E-state index in [1.165, 1.54) is 23.3 Å².